The first-order valence-corrected chi connectivity index (χ1v) is 4.72. The molecule has 1 aromatic heterocycles. The molecule has 0 spiro atoms. The molecule has 0 atom stereocenters. The fourth-order valence-electron chi connectivity index (χ4n) is 1.30. The highest BCUT2D eigenvalue weighted by Crippen LogP contribution is 2.24. The lowest BCUT2D eigenvalue weighted by atomic mass is 10.2. The van der Waals surface area contributed by atoms with E-state index in [1.807, 2.05) is 0 Å². The van der Waals surface area contributed by atoms with Crippen LogP contribution in [0.1, 0.15) is 5.89 Å². The molecule has 1 aromatic carbocycles. The van der Waals surface area contributed by atoms with Gasteiger partial charge in [-0.05, 0) is 18.2 Å². The minimum Gasteiger partial charge on any atom is -0.494 e. The van der Waals surface area contributed by atoms with Crippen molar-refractivity contribution in [2.24, 2.45) is 5.90 Å². The quantitative estimate of drug-likeness (QED) is 0.809. The van der Waals surface area contributed by atoms with E-state index in [-0.39, 0.29) is 18.2 Å². The number of hydrogen-bond acceptors (Lipinski definition) is 6. The first kappa shape index (κ1) is 11.5. The molecule has 2 aromatic rings. The topological polar surface area (TPSA) is 83.4 Å². The molecule has 0 radical (unpaired) electrons. The average molecular weight is 239 g/mol. The number of nitrogens with two attached hydrogens (primary N) is 1. The average Bonchev–Trinajstić information content (AvgIpc) is 2.79. The van der Waals surface area contributed by atoms with Gasteiger partial charge in [-0.1, -0.05) is 5.16 Å². The zero-order valence-electron chi connectivity index (χ0n) is 9.01. The number of methoxy groups -OCH3 is 1. The molecule has 17 heavy (non-hydrogen) atoms. The van der Waals surface area contributed by atoms with E-state index < -0.39 is 5.82 Å². The first-order valence-electron chi connectivity index (χ1n) is 4.72. The number of aromatic nitrogens is 2. The predicted octanol–water partition coefficient (Wildman–Crippen LogP) is 1.27. The summed E-state index contributed by atoms with van der Waals surface area (Å²) in [7, 11) is 1.38. The molecular weight excluding hydrogens is 229 g/mol. The fourth-order valence-corrected chi connectivity index (χ4v) is 1.30. The summed E-state index contributed by atoms with van der Waals surface area (Å²) in [6, 6.07) is 4.27. The van der Waals surface area contributed by atoms with E-state index in [9.17, 15) is 4.39 Å². The van der Waals surface area contributed by atoms with E-state index in [1.54, 1.807) is 0 Å². The standard InChI is InChI=1S/C10H10FN3O3/c1-15-8-4-6(2-3-7(8)11)10-13-9(5-16-12)17-14-10/h2-4H,5,12H2,1H3. The van der Waals surface area contributed by atoms with E-state index in [0.29, 0.717) is 11.4 Å². The van der Waals surface area contributed by atoms with E-state index in [4.69, 9.17) is 15.2 Å². The highest BCUT2D eigenvalue weighted by Gasteiger charge is 2.11. The van der Waals surface area contributed by atoms with Gasteiger partial charge in [0.1, 0.15) is 6.61 Å². The second-order valence-electron chi connectivity index (χ2n) is 3.17. The maximum absolute atomic E-state index is 13.2. The Hall–Kier alpha value is -1.99. The molecule has 0 saturated heterocycles. The Balaban J connectivity index is 2.32. The predicted molar refractivity (Wildman–Crippen MR) is 55.2 cm³/mol. The lowest BCUT2D eigenvalue weighted by Crippen LogP contribution is -1.98. The summed E-state index contributed by atoms with van der Waals surface area (Å²) in [5, 5.41) is 3.71. The highest BCUT2D eigenvalue weighted by atomic mass is 19.1. The van der Waals surface area contributed by atoms with Crippen LogP contribution in [-0.2, 0) is 11.4 Å². The number of halogens is 1. The Morgan fingerprint density at radius 1 is 1.47 bits per heavy atom. The molecule has 2 N–H and O–H groups in total. The van der Waals surface area contributed by atoms with Crippen LogP contribution in [-0.4, -0.2) is 17.3 Å². The zero-order chi connectivity index (χ0) is 12.3. The zero-order valence-corrected chi connectivity index (χ0v) is 9.01. The van der Waals surface area contributed by atoms with Crippen molar-refractivity contribution in [1.82, 2.24) is 10.1 Å². The normalized spacial score (nSPS) is 10.5. The molecule has 0 aliphatic rings. The molecule has 7 heteroatoms. The molecule has 0 fully saturated rings. The molecular formula is C10H10FN3O3. The molecule has 1 heterocycles. The van der Waals surface area contributed by atoms with Crippen LogP contribution in [0, 0.1) is 5.82 Å². The van der Waals surface area contributed by atoms with Crippen LogP contribution in [0.25, 0.3) is 11.4 Å². The smallest absolute Gasteiger partial charge is 0.255 e. The molecule has 0 aliphatic carbocycles. The number of hydrogen-bond donors (Lipinski definition) is 1. The molecule has 0 saturated carbocycles. The van der Waals surface area contributed by atoms with Crippen LogP contribution >= 0.6 is 0 Å². The lowest BCUT2D eigenvalue weighted by molar-refractivity contribution is 0.0996. The van der Waals surface area contributed by atoms with Gasteiger partial charge in [-0.2, -0.15) is 4.98 Å². The van der Waals surface area contributed by atoms with Crippen molar-refractivity contribution >= 4 is 0 Å². The summed E-state index contributed by atoms with van der Waals surface area (Å²) in [4.78, 5) is 8.37. The third-order valence-corrected chi connectivity index (χ3v) is 2.08. The van der Waals surface area contributed by atoms with E-state index in [1.165, 1.54) is 25.3 Å². The van der Waals surface area contributed by atoms with E-state index in [2.05, 4.69) is 15.0 Å². The van der Waals surface area contributed by atoms with Crippen molar-refractivity contribution in [2.75, 3.05) is 7.11 Å². The lowest BCUT2D eigenvalue weighted by Gasteiger charge is -2.02. The number of rotatable bonds is 4. The van der Waals surface area contributed by atoms with Crippen LogP contribution < -0.4 is 10.6 Å². The Bertz CT molecular complexity index is 515. The number of benzene rings is 1. The Morgan fingerprint density at radius 3 is 3.00 bits per heavy atom. The largest absolute Gasteiger partial charge is 0.494 e. The van der Waals surface area contributed by atoms with Crippen LogP contribution in [0.4, 0.5) is 4.39 Å². The van der Waals surface area contributed by atoms with Gasteiger partial charge in [-0.3, -0.25) is 4.84 Å². The Labute approximate surface area is 96.1 Å². The minimum absolute atomic E-state index is 0.0192. The van der Waals surface area contributed by atoms with Gasteiger partial charge in [0.2, 0.25) is 5.82 Å². The van der Waals surface area contributed by atoms with Gasteiger partial charge < -0.3 is 9.26 Å². The summed E-state index contributed by atoms with van der Waals surface area (Å²) < 4.78 is 22.9. The van der Waals surface area contributed by atoms with E-state index >= 15 is 0 Å². The van der Waals surface area contributed by atoms with Crippen molar-refractivity contribution < 1.29 is 18.5 Å². The number of ether oxygens (including phenoxy) is 1. The van der Waals surface area contributed by atoms with Crippen molar-refractivity contribution in [3.05, 3.63) is 29.9 Å². The molecule has 2 rings (SSSR count). The SMILES string of the molecule is COc1cc(-c2noc(CON)n2)ccc1F. The fraction of sp³-hybridized carbons (Fsp3) is 0.200. The number of nitrogens with zero attached hydrogens (tertiary/aromatic N) is 2. The summed E-state index contributed by atoms with van der Waals surface area (Å²) in [6.45, 7) is 0.0192. The van der Waals surface area contributed by atoms with Crippen molar-refractivity contribution in [2.45, 2.75) is 6.61 Å². The van der Waals surface area contributed by atoms with Gasteiger partial charge in [0.15, 0.2) is 11.6 Å². The van der Waals surface area contributed by atoms with Crippen LogP contribution in [0.5, 0.6) is 5.75 Å². The Kier molecular flexibility index (Phi) is 3.31. The van der Waals surface area contributed by atoms with Gasteiger partial charge in [0, 0.05) is 5.56 Å². The van der Waals surface area contributed by atoms with Crippen LogP contribution in [0.2, 0.25) is 0 Å². The summed E-state index contributed by atoms with van der Waals surface area (Å²) in [6.07, 6.45) is 0. The van der Waals surface area contributed by atoms with Crippen molar-refractivity contribution in [3.8, 4) is 17.1 Å². The van der Waals surface area contributed by atoms with Crippen molar-refractivity contribution in [3.63, 3.8) is 0 Å². The molecule has 0 aliphatic heterocycles. The third kappa shape index (κ3) is 2.40. The third-order valence-electron chi connectivity index (χ3n) is 2.08. The maximum Gasteiger partial charge on any atom is 0.255 e. The molecule has 0 unspecified atom stereocenters. The Morgan fingerprint density at radius 2 is 2.29 bits per heavy atom. The molecule has 0 bridgehead atoms. The molecule has 6 nitrogen and oxygen atoms in total. The summed E-state index contributed by atoms with van der Waals surface area (Å²) in [5.74, 6) is 5.09. The summed E-state index contributed by atoms with van der Waals surface area (Å²) in [5.41, 5.74) is 0.579. The van der Waals surface area contributed by atoms with Gasteiger partial charge in [-0.15, -0.1) is 0 Å². The van der Waals surface area contributed by atoms with Gasteiger partial charge in [0.05, 0.1) is 7.11 Å². The molecule has 90 valence electrons. The van der Waals surface area contributed by atoms with Gasteiger partial charge in [-0.25, -0.2) is 10.3 Å². The van der Waals surface area contributed by atoms with Crippen molar-refractivity contribution in [1.29, 1.82) is 0 Å². The molecule has 0 amide bonds. The highest BCUT2D eigenvalue weighted by molar-refractivity contribution is 5.57. The van der Waals surface area contributed by atoms with Gasteiger partial charge in [0.25, 0.3) is 5.89 Å². The monoisotopic (exact) mass is 239 g/mol. The van der Waals surface area contributed by atoms with E-state index in [0.717, 1.165) is 0 Å². The second kappa shape index (κ2) is 4.89. The minimum atomic E-state index is -0.453. The first-order chi connectivity index (χ1) is 8.24. The van der Waals surface area contributed by atoms with Gasteiger partial charge >= 0.3 is 0 Å². The second-order valence-corrected chi connectivity index (χ2v) is 3.17. The van der Waals surface area contributed by atoms with Crippen LogP contribution in [0.15, 0.2) is 22.7 Å². The van der Waals surface area contributed by atoms with Crippen LogP contribution in [0.3, 0.4) is 0 Å². The summed E-state index contributed by atoms with van der Waals surface area (Å²) >= 11 is 0. The maximum atomic E-state index is 13.2.